The third-order valence-electron chi connectivity index (χ3n) is 3.74. The van der Waals surface area contributed by atoms with Crippen molar-refractivity contribution in [1.82, 2.24) is 5.32 Å². The van der Waals surface area contributed by atoms with Crippen LogP contribution in [0, 0.1) is 0 Å². The molecule has 0 aliphatic carbocycles. The van der Waals surface area contributed by atoms with Gasteiger partial charge in [-0.2, -0.15) is 0 Å². The van der Waals surface area contributed by atoms with Gasteiger partial charge in [0.2, 0.25) is 0 Å². The van der Waals surface area contributed by atoms with Gasteiger partial charge in [-0.3, -0.25) is 0 Å². The van der Waals surface area contributed by atoms with Crippen molar-refractivity contribution in [1.29, 1.82) is 0 Å². The second-order valence-electron chi connectivity index (χ2n) is 5.42. The summed E-state index contributed by atoms with van der Waals surface area (Å²) in [5.74, 6) is 1.75. The van der Waals surface area contributed by atoms with Gasteiger partial charge in [0.25, 0.3) is 0 Å². The maximum absolute atomic E-state index is 5.97. The molecule has 0 radical (unpaired) electrons. The van der Waals surface area contributed by atoms with Crippen molar-refractivity contribution < 1.29 is 14.2 Å². The minimum atomic E-state index is 0.372. The van der Waals surface area contributed by atoms with Crippen LogP contribution in [0.2, 0.25) is 0 Å². The Hall–Kier alpha value is -1.26. The van der Waals surface area contributed by atoms with Gasteiger partial charge >= 0.3 is 0 Å². The Morgan fingerprint density at radius 1 is 1.38 bits per heavy atom. The first-order valence-corrected chi connectivity index (χ1v) is 7.95. The lowest BCUT2D eigenvalue weighted by Gasteiger charge is -2.15. The molecule has 4 nitrogen and oxygen atoms in total. The van der Waals surface area contributed by atoms with E-state index in [1.165, 1.54) is 12.0 Å². The van der Waals surface area contributed by atoms with E-state index in [0.717, 1.165) is 50.5 Å². The van der Waals surface area contributed by atoms with Crippen LogP contribution in [0.5, 0.6) is 11.5 Å². The van der Waals surface area contributed by atoms with Gasteiger partial charge in [-0.1, -0.05) is 13.0 Å². The van der Waals surface area contributed by atoms with Gasteiger partial charge in [0, 0.05) is 31.2 Å². The molecule has 1 saturated heterocycles. The van der Waals surface area contributed by atoms with Crippen LogP contribution in [0.4, 0.5) is 0 Å². The second-order valence-corrected chi connectivity index (χ2v) is 5.42. The number of hydrogen-bond acceptors (Lipinski definition) is 4. The van der Waals surface area contributed by atoms with Crippen molar-refractivity contribution in [2.45, 2.75) is 45.3 Å². The summed E-state index contributed by atoms with van der Waals surface area (Å²) < 4.78 is 16.9. The largest absolute Gasteiger partial charge is 0.497 e. The van der Waals surface area contributed by atoms with Crippen molar-refractivity contribution in [3.63, 3.8) is 0 Å². The highest BCUT2D eigenvalue weighted by atomic mass is 16.5. The average Bonchev–Trinajstić information content (AvgIpc) is 3.02. The topological polar surface area (TPSA) is 39.7 Å². The second kappa shape index (κ2) is 8.90. The number of rotatable bonds is 9. The molecular weight excluding hydrogens is 266 g/mol. The Morgan fingerprint density at radius 2 is 2.29 bits per heavy atom. The fourth-order valence-corrected chi connectivity index (χ4v) is 2.51. The number of methoxy groups -OCH3 is 1. The van der Waals surface area contributed by atoms with E-state index in [1.54, 1.807) is 7.11 Å². The Balaban J connectivity index is 1.89. The third-order valence-corrected chi connectivity index (χ3v) is 3.74. The zero-order chi connectivity index (χ0) is 14.9. The first-order chi connectivity index (χ1) is 10.3. The van der Waals surface area contributed by atoms with Crippen LogP contribution in [0.15, 0.2) is 18.2 Å². The monoisotopic (exact) mass is 293 g/mol. The molecule has 0 aromatic heterocycles. The molecule has 21 heavy (non-hydrogen) atoms. The standard InChI is InChI=1S/C17H27NO3/c1-3-9-18-13-14-6-7-16(19-2)12-17(14)21-11-8-15-5-4-10-20-15/h6-7,12,15,18H,3-5,8-11,13H2,1-2H3. The minimum Gasteiger partial charge on any atom is -0.497 e. The summed E-state index contributed by atoms with van der Waals surface area (Å²) >= 11 is 0. The van der Waals surface area contributed by atoms with Crippen molar-refractivity contribution >= 4 is 0 Å². The lowest BCUT2D eigenvalue weighted by molar-refractivity contribution is 0.0901. The van der Waals surface area contributed by atoms with Gasteiger partial charge < -0.3 is 19.5 Å². The molecule has 1 aliphatic rings. The molecule has 1 aromatic carbocycles. The van der Waals surface area contributed by atoms with Crippen LogP contribution in [0.1, 0.15) is 38.2 Å². The average molecular weight is 293 g/mol. The maximum Gasteiger partial charge on any atom is 0.127 e. The lowest BCUT2D eigenvalue weighted by Crippen LogP contribution is -2.16. The van der Waals surface area contributed by atoms with Crippen LogP contribution in [0.25, 0.3) is 0 Å². The number of benzene rings is 1. The van der Waals surface area contributed by atoms with Gasteiger partial charge in [-0.05, 0) is 31.9 Å². The predicted molar refractivity (Wildman–Crippen MR) is 84.1 cm³/mol. The first-order valence-electron chi connectivity index (χ1n) is 7.95. The van der Waals surface area contributed by atoms with E-state index < -0.39 is 0 Å². The molecule has 0 bridgehead atoms. The zero-order valence-electron chi connectivity index (χ0n) is 13.2. The van der Waals surface area contributed by atoms with Crippen LogP contribution >= 0.6 is 0 Å². The Labute approximate surface area is 127 Å². The lowest BCUT2D eigenvalue weighted by atomic mass is 10.1. The summed E-state index contributed by atoms with van der Waals surface area (Å²) in [6, 6.07) is 6.03. The van der Waals surface area contributed by atoms with Gasteiger partial charge in [0.15, 0.2) is 0 Å². The van der Waals surface area contributed by atoms with E-state index in [-0.39, 0.29) is 0 Å². The maximum atomic E-state index is 5.97. The minimum absolute atomic E-state index is 0.372. The van der Waals surface area contributed by atoms with Crippen LogP contribution < -0.4 is 14.8 Å². The molecule has 1 N–H and O–H groups in total. The number of hydrogen-bond donors (Lipinski definition) is 1. The quantitative estimate of drug-likeness (QED) is 0.710. The third kappa shape index (κ3) is 5.21. The predicted octanol–water partition coefficient (Wildman–Crippen LogP) is 3.14. The molecule has 2 rings (SSSR count). The van der Waals surface area contributed by atoms with Crippen LogP contribution in [-0.2, 0) is 11.3 Å². The van der Waals surface area contributed by atoms with Crippen molar-refractivity contribution in [3.8, 4) is 11.5 Å². The summed E-state index contributed by atoms with van der Waals surface area (Å²) in [7, 11) is 1.68. The van der Waals surface area contributed by atoms with E-state index in [9.17, 15) is 0 Å². The first kappa shape index (κ1) is 16.1. The molecule has 118 valence electrons. The van der Waals surface area contributed by atoms with E-state index in [4.69, 9.17) is 14.2 Å². The fourth-order valence-electron chi connectivity index (χ4n) is 2.51. The van der Waals surface area contributed by atoms with Gasteiger partial charge in [0.05, 0.1) is 19.8 Å². The highest BCUT2D eigenvalue weighted by Gasteiger charge is 2.15. The Kier molecular flexibility index (Phi) is 6.83. The zero-order valence-corrected chi connectivity index (χ0v) is 13.2. The number of nitrogens with one attached hydrogen (secondary N) is 1. The van der Waals surface area contributed by atoms with E-state index >= 15 is 0 Å². The van der Waals surface area contributed by atoms with Crippen molar-refractivity contribution in [2.24, 2.45) is 0 Å². The molecule has 1 unspecified atom stereocenters. The smallest absolute Gasteiger partial charge is 0.127 e. The Bertz CT molecular complexity index is 416. The van der Waals surface area contributed by atoms with E-state index in [1.807, 2.05) is 12.1 Å². The van der Waals surface area contributed by atoms with Gasteiger partial charge in [0.1, 0.15) is 11.5 Å². The van der Waals surface area contributed by atoms with Crippen LogP contribution in [-0.4, -0.2) is 33.0 Å². The fraction of sp³-hybridized carbons (Fsp3) is 0.647. The molecule has 1 heterocycles. The summed E-state index contributed by atoms with van der Waals surface area (Å²) in [6.07, 6.45) is 4.80. The van der Waals surface area contributed by atoms with E-state index in [0.29, 0.717) is 12.7 Å². The summed E-state index contributed by atoms with van der Waals surface area (Å²) in [5, 5.41) is 3.42. The summed E-state index contributed by atoms with van der Waals surface area (Å²) in [4.78, 5) is 0. The van der Waals surface area contributed by atoms with Gasteiger partial charge in [-0.25, -0.2) is 0 Å². The molecule has 1 atom stereocenters. The van der Waals surface area contributed by atoms with Crippen molar-refractivity contribution in [2.75, 3.05) is 26.9 Å². The highest BCUT2D eigenvalue weighted by molar-refractivity contribution is 5.40. The molecule has 0 spiro atoms. The molecule has 0 saturated carbocycles. The normalized spacial score (nSPS) is 17.9. The molecule has 0 amide bonds. The summed E-state index contributed by atoms with van der Waals surface area (Å²) in [6.45, 7) is 5.60. The van der Waals surface area contributed by atoms with E-state index in [2.05, 4.69) is 18.3 Å². The highest BCUT2D eigenvalue weighted by Crippen LogP contribution is 2.25. The van der Waals surface area contributed by atoms with Crippen LogP contribution in [0.3, 0.4) is 0 Å². The van der Waals surface area contributed by atoms with Gasteiger partial charge in [-0.15, -0.1) is 0 Å². The SMILES string of the molecule is CCCNCc1ccc(OC)cc1OCCC1CCCO1. The molecular formula is C17H27NO3. The Morgan fingerprint density at radius 3 is 3.00 bits per heavy atom. The summed E-state index contributed by atoms with van der Waals surface area (Å²) in [5.41, 5.74) is 1.18. The van der Waals surface area contributed by atoms with Crippen molar-refractivity contribution in [3.05, 3.63) is 23.8 Å². The number of ether oxygens (including phenoxy) is 3. The molecule has 1 aromatic rings. The molecule has 4 heteroatoms. The molecule has 1 fully saturated rings. The molecule has 1 aliphatic heterocycles.